The van der Waals surface area contributed by atoms with Gasteiger partial charge in [-0.05, 0) is 56.3 Å². The average Bonchev–Trinajstić information content (AvgIpc) is 3.58. The average molecular weight is 511 g/mol. The van der Waals surface area contributed by atoms with E-state index < -0.39 is 10.0 Å². The van der Waals surface area contributed by atoms with E-state index in [1.165, 1.54) is 0 Å². The highest BCUT2D eigenvalue weighted by Crippen LogP contribution is 2.40. The van der Waals surface area contributed by atoms with Gasteiger partial charge in [-0.25, -0.2) is 23.1 Å². The number of nitrogens with one attached hydrogen (secondary N) is 2. The van der Waals surface area contributed by atoms with Crippen LogP contribution < -0.4 is 20.7 Å². The van der Waals surface area contributed by atoms with Crippen LogP contribution in [0.2, 0.25) is 0 Å². The first-order valence-corrected chi connectivity index (χ1v) is 13.5. The van der Waals surface area contributed by atoms with Crippen molar-refractivity contribution in [2.75, 3.05) is 36.5 Å². The summed E-state index contributed by atoms with van der Waals surface area (Å²) < 4.78 is 33.0. The molecule has 3 aromatic rings. The fraction of sp³-hybridized carbons (Fsp3) is 0.478. The Balaban J connectivity index is 0. The normalized spacial score (nSPS) is 22.0. The first-order valence-electron chi connectivity index (χ1n) is 11.8. The minimum absolute atomic E-state index is 0. The van der Waals surface area contributed by atoms with Gasteiger partial charge < -0.3 is 20.4 Å². The van der Waals surface area contributed by atoms with Gasteiger partial charge in [0, 0.05) is 39.8 Å². The number of nitrogen functional groups attached to an aromatic ring is 1. The summed E-state index contributed by atoms with van der Waals surface area (Å²) in [6.07, 6.45) is 3.48. The van der Waals surface area contributed by atoms with Gasteiger partial charge in [-0.2, -0.15) is 0 Å². The van der Waals surface area contributed by atoms with Crippen molar-refractivity contribution >= 4 is 21.7 Å². The minimum Gasteiger partial charge on any atom is -0.414 e. The van der Waals surface area contributed by atoms with Gasteiger partial charge in [0.2, 0.25) is 15.9 Å². The number of aromatic nitrogens is 4. The van der Waals surface area contributed by atoms with Crippen LogP contribution in [0, 0.1) is 11.8 Å². The van der Waals surface area contributed by atoms with Crippen LogP contribution in [0.4, 0.5) is 11.6 Å². The van der Waals surface area contributed by atoms with E-state index in [2.05, 4.69) is 30.1 Å². The summed E-state index contributed by atoms with van der Waals surface area (Å²) in [4.78, 5) is 11.2. The summed E-state index contributed by atoms with van der Waals surface area (Å²) >= 11 is 0. The molecule has 3 unspecified atom stereocenters. The number of rotatable bonds is 8. The van der Waals surface area contributed by atoms with Crippen LogP contribution >= 0.6 is 0 Å². The molecule has 1 aliphatic heterocycles. The Kier molecular flexibility index (Phi) is 6.43. The lowest BCUT2D eigenvalue weighted by Gasteiger charge is -2.22. The Morgan fingerprint density at radius 1 is 1.17 bits per heavy atom. The van der Waals surface area contributed by atoms with Crippen LogP contribution in [-0.2, 0) is 16.6 Å². The van der Waals surface area contributed by atoms with Crippen molar-refractivity contribution in [3.05, 3.63) is 36.0 Å². The van der Waals surface area contributed by atoms with Gasteiger partial charge in [-0.1, -0.05) is 12.1 Å². The summed E-state index contributed by atoms with van der Waals surface area (Å²) in [5, 5.41) is 11.4. The zero-order valence-electron chi connectivity index (χ0n) is 19.8. The molecule has 0 spiro atoms. The van der Waals surface area contributed by atoms with Gasteiger partial charge in [0.15, 0.2) is 11.5 Å². The van der Waals surface area contributed by atoms with Gasteiger partial charge in [-0.3, -0.25) is 0 Å². The molecule has 3 heterocycles. The van der Waals surface area contributed by atoms with Crippen molar-refractivity contribution in [2.24, 2.45) is 11.8 Å². The van der Waals surface area contributed by atoms with E-state index in [1.807, 2.05) is 31.3 Å². The maximum Gasteiger partial charge on any atom is 0.270 e. The molecule has 2 aromatic heterocycles. The van der Waals surface area contributed by atoms with Gasteiger partial charge in [0.25, 0.3) is 5.89 Å². The molecule has 198 valence electrons. The zero-order valence-corrected chi connectivity index (χ0v) is 20.6. The van der Waals surface area contributed by atoms with Crippen molar-refractivity contribution in [1.82, 2.24) is 30.2 Å². The lowest BCUT2D eigenvalue weighted by molar-refractivity contribution is 0.428. The molecular formula is C23H42N8O3S. The summed E-state index contributed by atoms with van der Waals surface area (Å²) in [5.41, 5.74) is 8.41. The fourth-order valence-electron chi connectivity index (χ4n) is 5.02. The van der Waals surface area contributed by atoms with Crippen LogP contribution in [0.3, 0.4) is 0 Å². The second-order valence-electron chi connectivity index (χ2n) is 9.14. The number of anilines is 2. The Bertz CT molecular complexity index is 1320. The molecule has 1 saturated heterocycles. The smallest absolute Gasteiger partial charge is 0.270 e. The second-order valence-corrected chi connectivity index (χ2v) is 11.2. The molecule has 0 amide bonds. The summed E-state index contributed by atoms with van der Waals surface area (Å²) in [7, 11) is -1.34. The van der Waals surface area contributed by atoms with E-state index in [-0.39, 0.29) is 38.0 Å². The summed E-state index contributed by atoms with van der Waals surface area (Å²) in [5.74, 6) is 2.19. The molecule has 1 aromatic carbocycles. The van der Waals surface area contributed by atoms with Crippen LogP contribution in [0.1, 0.15) is 33.9 Å². The predicted molar refractivity (Wildman–Crippen MR) is 145 cm³/mol. The lowest BCUT2D eigenvalue weighted by atomic mass is 9.98. The van der Waals surface area contributed by atoms with Crippen molar-refractivity contribution in [3.8, 4) is 23.0 Å². The number of nitrogens with two attached hydrogens (primary N) is 1. The van der Waals surface area contributed by atoms with Gasteiger partial charge in [-0.15, -0.1) is 10.2 Å². The van der Waals surface area contributed by atoms with Crippen molar-refractivity contribution in [1.29, 1.82) is 0 Å². The number of sulfonamides is 1. The molecule has 12 heteroatoms. The Morgan fingerprint density at radius 3 is 2.69 bits per heavy atom. The van der Waals surface area contributed by atoms with Crippen LogP contribution in [0.25, 0.3) is 23.0 Å². The van der Waals surface area contributed by atoms with E-state index in [9.17, 15) is 8.42 Å². The Hall–Kier alpha value is -3.09. The van der Waals surface area contributed by atoms with E-state index in [4.69, 9.17) is 15.1 Å². The van der Waals surface area contributed by atoms with E-state index >= 15 is 0 Å². The van der Waals surface area contributed by atoms with Crippen molar-refractivity contribution < 1.29 is 21.4 Å². The maximum atomic E-state index is 12.1. The number of fused-ring (bicyclic) bond motifs is 1. The highest BCUT2D eigenvalue weighted by atomic mass is 32.2. The monoisotopic (exact) mass is 510 g/mol. The lowest BCUT2D eigenvalue weighted by Crippen LogP contribution is -2.40. The molecule has 11 nitrogen and oxygen atoms in total. The molecule has 2 aliphatic rings. The SMILES string of the molecule is CCS(=O)(=O)NC1CCC2CN(c3cnc(N)c(-c4nnc(-c5ccc(CNC)cc5)o4)n3)CC21.[HH].[HH].[HH].[HH].[HH].[HH]. The molecule has 5 rings (SSSR count). The summed E-state index contributed by atoms with van der Waals surface area (Å²) in [6, 6.07) is 7.82. The molecule has 4 N–H and O–H groups in total. The molecule has 3 atom stereocenters. The third kappa shape index (κ3) is 4.86. The van der Waals surface area contributed by atoms with Crippen molar-refractivity contribution in [3.63, 3.8) is 0 Å². The largest absolute Gasteiger partial charge is 0.414 e. The standard InChI is InChI=1S/C23H30N8O3S.6H2/c1-3-35(32,33)30-18-9-8-16-12-31(13-17(16)18)19-11-26-21(24)20(27-19)23-29-28-22(34-23)15-6-4-14(5-7-15)10-25-2;;;;;;/h4-7,11,16-18,25,30H,3,8-10,12-13H2,1-2H3,(H2,24,26);6*1H. The first-order chi connectivity index (χ1) is 16.9. The molecule has 0 bridgehead atoms. The van der Waals surface area contributed by atoms with Gasteiger partial charge >= 0.3 is 0 Å². The fourth-order valence-corrected chi connectivity index (χ4v) is 5.94. The molecule has 2 fully saturated rings. The minimum atomic E-state index is -3.24. The molecule has 1 saturated carbocycles. The summed E-state index contributed by atoms with van der Waals surface area (Å²) in [6.45, 7) is 3.93. The van der Waals surface area contributed by atoms with Crippen LogP contribution in [0.5, 0.6) is 0 Å². The molecule has 1 aliphatic carbocycles. The molecular weight excluding hydrogens is 468 g/mol. The van der Waals surface area contributed by atoms with Gasteiger partial charge in [0.1, 0.15) is 5.82 Å². The number of hydrogen-bond acceptors (Lipinski definition) is 10. The second kappa shape index (κ2) is 9.51. The highest BCUT2D eigenvalue weighted by Gasteiger charge is 2.44. The Labute approximate surface area is 213 Å². The van der Waals surface area contributed by atoms with Crippen LogP contribution in [-0.4, -0.2) is 60.5 Å². The first kappa shape index (κ1) is 23.6. The quantitative estimate of drug-likeness (QED) is 0.412. The zero-order chi connectivity index (χ0) is 24.6. The molecule has 0 radical (unpaired) electrons. The van der Waals surface area contributed by atoms with Crippen LogP contribution in [0.15, 0.2) is 34.9 Å². The topological polar surface area (TPSA) is 152 Å². The predicted octanol–water partition coefficient (Wildman–Crippen LogP) is 3.13. The third-order valence-electron chi connectivity index (χ3n) is 6.89. The van der Waals surface area contributed by atoms with Gasteiger partial charge in [0.05, 0.1) is 11.9 Å². The van der Waals surface area contributed by atoms with E-state index in [0.29, 0.717) is 29.9 Å². The Morgan fingerprint density at radius 2 is 1.94 bits per heavy atom. The van der Waals surface area contributed by atoms with Crippen molar-refractivity contribution in [2.45, 2.75) is 32.4 Å². The number of benzene rings is 1. The number of hydrogen-bond donors (Lipinski definition) is 3. The number of nitrogens with zero attached hydrogens (tertiary/aromatic N) is 5. The van der Waals surface area contributed by atoms with E-state index in [0.717, 1.165) is 37.1 Å². The third-order valence-corrected chi connectivity index (χ3v) is 8.31. The van der Waals surface area contributed by atoms with E-state index in [1.54, 1.807) is 13.1 Å². The molecule has 35 heavy (non-hydrogen) atoms. The maximum absolute atomic E-state index is 12.1. The highest BCUT2D eigenvalue weighted by molar-refractivity contribution is 7.89.